The predicted molar refractivity (Wildman–Crippen MR) is 102 cm³/mol. The highest BCUT2D eigenvalue weighted by atomic mass is 19.1. The zero-order valence-electron chi connectivity index (χ0n) is 14.8. The van der Waals surface area contributed by atoms with Crippen LogP contribution in [-0.4, -0.2) is 41.8 Å². The fraction of sp³-hybridized carbons (Fsp3) is 0.200. The minimum atomic E-state index is -1.45. The van der Waals surface area contributed by atoms with Gasteiger partial charge in [0.2, 0.25) is 5.43 Å². The lowest BCUT2D eigenvalue weighted by atomic mass is 10.1. The van der Waals surface area contributed by atoms with E-state index < -0.39 is 28.6 Å². The molecule has 1 aromatic heterocycles. The number of aromatic carboxylic acids is 1. The van der Waals surface area contributed by atoms with Crippen LogP contribution in [0.15, 0.2) is 47.4 Å². The van der Waals surface area contributed by atoms with Crippen LogP contribution in [0.4, 0.5) is 14.5 Å². The fourth-order valence-electron chi connectivity index (χ4n) is 3.46. The largest absolute Gasteiger partial charge is 0.477 e. The summed E-state index contributed by atoms with van der Waals surface area (Å²) in [7, 11) is 0. The minimum Gasteiger partial charge on any atom is -0.477 e. The van der Waals surface area contributed by atoms with Gasteiger partial charge in [-0.25, -0.2) is 13.6 Å². The van der Waals surface area contributed by atoms with E-state index in [2.05, 4.69) is 5.32 Å². The van der Waals surface area contributed by atoms with Gasteiger partial charge in [0.15, 0.2) is 0 Å². The van der Waals surface area contributed by atoms with Crippen molar-refractivity contribution in [3.63, 3.8) is 0 Å². The molecule has 1 aliphatic rings. The number of halogens is 2. The van der Waals surface area contributed by atoms with Crippen LogP contribution in [0.3, 0.4) is 0 Å². The van der Waals surface area contributed by atoms with Crippen molar-refractivity contribution in [3.8, 4) is 5.69 Å². The van der Waals surface area contributed by atoms with E-state index in [4.69, 9.17) is 0 Å². The Kier molecular flexibility index (Phi) is 4.56. The Hall–Kier alpha value is -3.26. The van der Waals surface area contributed by atoms with Gasteiger partial charge >= 0.3 is 5.97 Å². The maximum Gasteiger partial charge on any atom is 0.341 e. The second kappa shape index (κ2) is 7.05. The number of rotatable bonds is 3. The van der Waals surface area contributed by atoms with Gasteiger partial charge in [0.1, 0.15) is 17.2 Å². The number of hydrogen-bond acceptors (Lipinski definition) is 4. The van der Waals surface area contributed by atoms with E-state index in [1.807, 2.05) is 4.90 Å². The molecule has 1 fully saturated rings. The lowest BCUT2D eigenvalue weighted by Gasteiger charge is -2.30. The molecule has 0 spiro atoms. The number of nitrogens with one attached hydrogen (secondary N) is 1. The van der Waals surface area contributed by atoms with Crippen molar-refractivity contribution < 1.29 is 18.7 Å². The van der Waals surface area contributed by atoms with Gasteiger partial charge in [0, 0.05) is 43.8 Å². The molecule has 144 valence electrons. The van der Waals surface area contributed by atoms with Gasteiger partial charge in [-0.2, -0.15) is 0 Å². The normalized spacial score (nSPS) is 14.4. The van der Waals surface area contributed by atoms with E-state index in [1.165, 1.54) is 34.9 Å². The number of pyridine rings is 1. The Labute approximate surface area is 158 Å². The summed E-state index contributed by atoms with van der Waals surface area (Å²) < 4.78 is 29.7. The zero-order valence-corrected chi connectivity index (χ0v) is 14.8. The number of carbonyl (C=O) groups is 1. The minimum absolute atomic E-state index is 0.232. The maximum absolute atomic E-state index is 15.0. The highest BCUT2D eigenvalue weighted by Gasteiger charge is 2.21. The molecule has 0 bridgehead atoms. The first kappa shape index (κ1) is 18.1. The number of fused-ring (bicyclic) bond motifs is 1. The molecule has 2 N–H and O–H groups in total. The van der Waals surface area contributed by atoms with E-state index in [0.29, 0.717) is 24.5 Å². The first-order chi connectivity index (χ1) is 13.5. The molecule has 6 nitrogen and oxygen atoms in total. The van der Waals surface area contributed by atoms with E-state index in [-0.39, 0.29) is 10.9 Å². The second-order valence-corrected chi connectivity index (χ2v) is 6.58. The van der Waals surface area contributed by atoms with Crippen molar-refractivity contribution in [1.82, 2.24) is 9.88 Å². The van der Waals surface area contributed by atoms with E-state index in [1.54, 1.807) is 6.07 Å². The first-order valence-electron chi connectivity index (χ1n) is 8.79. The van der Waals surface area contributed by atoms with Gasteiger partial charge in [-0.1, -0.05) is 0 Å². The Morgan fingerprint density at radius 2 is 1.71 bits per heavy atom. The summed E-state index contributed by atoms with van der Waals surface area (Å²) in [6.07, 6.45) is 1.15. The van der Waals surface area contributed by atoms with Crippen molar-refractivity contribution in [2.45, 2.75) is 0 Å². The average molecular weight is 385 g/mol. The lowest BCUT2D eigenvalue weighted by Crippen LogP contribution is -2.43. The van der Waals surface area contributed by atoms with Gasteiger partial charge < -0.3 is 19.9 Å². The van der Waals surface area contributed by atoms with Crippen LogP contribution >= 0.6 is 0 Å². The number of carboxylic acid groups (broad SMARTS) is 1. The van der Waals surface area contributed by atoms with Crippen LogP contribution in [0.1, 0.15) is 10.4 Å². The molecule has 2 aromatic carbocycles. The Morgan fingerprint density at radius 3 is 2.36 bits per heavy atom. The quantitative estimate of drug-likeness (QED) is 0.724. The van der Waals surface area contributed by atoms with Crippen molar-refractivity contribution in [2.24, 2.45) is 0 Å². The summed E-state index contributed by atoms with van der Waals surface area (Å²) in [6, 6.07) is 8.25. The van der Waals surface area contributed by atoms with Crippen LogP contribution < -0.4 is 15.6 Å². The van der Waals surface area contributed by atoms with Crippen molar-refractivity contribution in [3.05, 3.63) is 70.0 Å². The summed E-state index contributed by atoms with van der Waals surface area (Å²) in [4.78, 5) is 26.1. The second-order valence-electron chi connectivity index (χ2n) is 6.58. The average Bonchev–Trinajstić information content (AvgIpc) is 2.69. The van der Waals surface area contributed by atoms with Gasteiger partial charge in [0.05, 0.1) is 10.9 Å². The smallest absolute Gasteiger partial charge is 0.341 e. The molecule has 1 saturated heterocycles. The van der Waals surface area contributed by atoms with Gasteiger partial charge in [-0.3, -0.25) is 4.79 Å². The van der Waals surface area contributed by atoms with Crippen molar-refractivity contribution >= 4 is 22.6 Å². The van der Waals surface area contributed by atoms with Crippen LogP contribution in [0.25, 0.3) is 16.6 Å². The summed E-state index contributed by atoms with van der Waals surface area (Å²) in [5.41, 5.74) is -0.179. The number of carboxylic acids is 1. The molecule has 0 radical (unpaired) electrons. The standard InChI is InChI=1S/C20H17F2N3O3/c21-12-1-3-13(4-2-12)25-11-15(20(27)28)19(26)18-16(22)9-14(10-17(18)25)24-7-5-23-6-8-24/h1-4,9-11,23H,5-8H2,(H,27,28). The molecular weight excluding hydrogens is 368 g/mol. The van der Waals surface area contributed by atoms with Crippen LogP contribution in [-0.2, 0) is 0 Å². The number of aromatic nitrogens is 1. The number of anilines is 1. The Morgan fingerprint density at radius 1 is 1.04 bits per heavy atom. The zero-order chi connectivity index (χ0) is 19.8. The number of benzene rings is 2. The third-order valence-corrected chi connectivity index (χ3v) is 4.86. The number of piperazine rings is 1. The van der Waals surface area contributed by atoms with Gasteiger partial charge in [-0.05, 0) is 36.4 Å². The van der Waals surface area contributed by atoms with Crippen molar-refractivity contribution in [1.29, 1.82) is 0 Å². The highest BCUT2D eigenvalue weighted by molar-refractivity contribution is 5.94. The molecule has 0 atom stereocenters. The highest BCUT2D eigenvalue weighted by Crippen LogP contribution is 2.27. The number of hydrogen-bond donors (Lipinski definition) is 2. The van der Waals surface area contributed by atoms with E-state index in [9.17, 15) is 23.5 Å². The lowest BCUT2D eigenvalue weighted by molar-refractivity contribution is 0.0695. The van der Waals surface area contributed by atoms with Crippen LogP contribution in [0.2, 0.25) is 0 Å². The summed E-state index contributed by atoms with van der Waals surface area (Å²) in [5, 5.41) is 12.3. The molecule has 0 saturated carbocycles. The van der Waals surface area contributed by atoms with E-state index >= 15 is 0 Å². The molecule has 0 unspecified atom stereocenters. The molecular formula is C20H17F2N3O3. The summed E-state index contributed by atoms with van der Waals surface area (Å²) in [6.45, 7) is 2.86. The first-order valence-corrected chi connectivity index (χ1v) is 8.79. The molecule has 4 rings (SSSR count). The Balaban J connectivity index is 2.02. The summed E-state index contributed by atoms with van der Waals surface area (Å²) in [5.74, 6) is -2.69. The van der Waals surface area contributed by atoms with Crippen LogP contribution in [0, 0.1) is 11.6 Å². The fourth-order valence-corrected chi connectivity index (χ4v) is 3.46. The monoisotopic (exact) mass is 385 g/mol. The third kappa shape index (κ3) is 3.11. The molecule has 2 heterocycles. The predicted octanol–water partition coefficient (Wildman–Crippen LogP) is 2.38. The topological polar surface area (TPSA) is 74.6 Å². The van der Waals surface area contributed by atoms with Gasteiger partial charge in [0.25, 0.3) is 0 Å². The number of nitrogens with zero attached hydrogens (tertiary/aromatic N) is 2. The maximum atomic E-state index is 15.0. The Bertz CT molecular complexity index is 1120. The third-order valence-electron chi connectivity index (χ3n) is 4.86. The van der Waals surface area contributed by atoms with Crippen LogP contribution in [0.5, 0.6) is 0 Å². The summed E-state index contributed by atoms with van der Waals surface area (Å²) >= 11 is 0. The molecule has 0 aliphatic carbocycles. The SMILES string of the molecule is O=C(O)c1cn(-c2ccc(F)cc2)c2cc(N3CCNCC3)cc(F)c2c1=O. The van der Waals surface area contributed by atoms with Crippen molar-refractivity contribution in [2.75, 3.05) is 31.1 Å². The molecule has 1 aliphatic heterocycles. The molecule has 28 heavy (non-hydrogen) atoms. The molecule has 3 aromatic rings. The molecule has 0 amide bonds. The molecule has 8 heteroatoms. The van der Waals surface area contributed by atoms with E-state index in [0.717, 1.165) is 19.3 Å². The van der Waals surface area contributed by atoms with Gasteiger partial charge in [-0.15, -0.1) is 0 Å².